The van der Waals surface area contributed by atoms with Crippen LogP contribution in [-0.2, 0) is 26.2 Å². The normalized spacial score (nSPS) is 12.1. The lowest BCUT2D eigenvalue weighted by Gasteiger charge is -2.31. The van der Waals surface area contributed by atoms with Crippen molar-refractivity contribution in [3.63, 3.8) is 0 Å². The Kier molecular flexibility index (Phi) is 8.62. The Morgan fingerprint density at radius 2 is 1.65 bits per heavy atom. The Morgan fingerprint density at radius 1 is 1.03 bits per heavy atom. The maximum absolute atomic E-state index is 13.3. The first-order chi connectivity index (χ1) is 14.6. The second-order valence-electron chi connectivity index (χ2n) is 7.53. The summed E-state index contributed by atoms with van der Waals surface area (Å²) in [4.78, 5) is 27.4. The fourth-order valence-electron chi connectivity index (χ4n) is 3.20. The van der Waals surface area contributed by atoms with Crippen molar-refractivity contribution in [2.24, 2.45) is 0 Å². The van der Waals surface area contributed by atoms with Crippen molar-refractivity contribution in [2.45, 2.75) is 39.8 Å². The molecule has 0 unspecified atom stereocenters. The van der Waals surface area contributed by atoms with Crippen molar-refractivity contribution in [3.8, 4) is 0 Å². The van der Waals surface area contributed by atoms with E-state index < -0.39 is 22.0 Å². The average molecular weight is 446 g/mol. The zero-order valence-corrected chi connectivity index (χ0v) is 19.4. The van der Waals surface area contributed by atoms with Gasteiger partial charge in [0.15, 0.2) is 0 Å². The summed E-state index contributed by atoms with van der Waals surface area (Å²) in [7, 11) is -3.72. The average Bonchev–Trinajstić information content (AvgIpc) is 2.74. The number of nitrogens with one attached hydrogen (secondary N) is 1. The SMILES string of the molecule is CCCNC(=O)[C@H](C)N(Cc1ccccc1)C(=O)CN(c1ccccc1C)S(C)(=O)=O. The van der Waals surface area contributed by atoms with Crippen LogP contribution in [-0.4, -0.2) is 50.5 Å². The number of nitrogens with zero attached hydrogens (tertiary/aromatic N) is 2. The van der Waals surface area contributed by atoms with E-state index in [1.54, 1.807) is 32.0 Å². The summed E-state index contributed by atoms with van der Waals surface area (Å²) < 4.78 is 26.1. The van der Waals surface area contributed by atoms with Crippen molar-refractivity contribution in [1.82, 2.24) is 10.2 Å². The van der Waals surface area contributed by atoms with Crippen LogP contribution in [0.3, 0.4) is 0 Å². The number of rotatable bonds is 10. The molecule has 0 aliphatic heterocycles. The predicted octanol–water partition coefficient (Wildman–Crippen LogP) is 2.70. The third-order valence-corrected chi connectivity index (χ3v) is 6.10. The Bertz CT molecular complexity index is 993. The third kappa shape index (κ3) is 6.82. The lowest BCUT2D eigenvalue weighted by molar-refractivity contribution is -0.139. The number of carbonyl (C=O) groups is 2. The number of sulfonamides is 1. The van der Waals surface area contributed by atoms with E-state index in [0.29, 0.717) is 12.2 Å². The summed E-state index contributed by atoms with van der Waals surface area (Å²) >= 11 is 0. The quantitative estimate of drug-likeness (QED) is 0.609. The minimum atomic E-state index is -3.72. The molecular weight excluding hydrogens is 414 g/mol. The number of amides is 2. The molecule has 31 heavy (non-hydrogen) atoms. The minimum absolute atomic E-state index is 0.200. The van der Waals surface area contributed by atoms with Crippen LogP contribution in [0.2, 0.25) is 0 Å². The van der Waals surface area contributed by atoms with E-state index >= 15 is 0 Å². The lowest BCUT2D eigenvalue weighted by atomic mass is 10.1. The summed E-state index contributed by atoms with van der Waals surface area (Å²) in [6.45, 7) is 5.72. The van der Waals surface area contributed by atoms with Crippen molar-refractivity contribution >= 4 is 27.5 Å². The van der Waals surface area contributed by atoms with Gasteiger partial charge in [0.05, 0.1) is 11.9 Å². The molecule has 2 aromatic carbocycles. The molecule has 0 spiro atoms. The smallest absolute Gasteiger partial charge is 0.244 e. The van der Waals surface area contributed by atoms with Gasteiger partial charge in [-0.2, -0.15) is 0 Å². The molecule has 1 N–H and O–H groups in total. The van der Waals surface area contributed by atoms with E-state index in [9.17, 15) is 18.0 Å². The van der Waals surface area contributed by atoms with Gasteiger partial charge in [-0.15, -0.1) is 0 Å². The van der Waals surface area contributed by atoms with E-state index in [-0.39, 0.29) is 19.0 Å². The maximum Gasteiger partial charge on any atom is 0.244 e. The molecular formula is C23H31N3O4S. The molecule has 0 saturated heterocycles. The molecule has 0 aromatic heterocycles. The second kappa shape index (κ2) is 10.9. The molecule has 2 aromatic rings. The van der Waals surface area contributed by atoms with Gasteiger partial charge < -0.3 is 10.2 Å². The van der Waals surface area contributed by atoms with Gasteiger partial charge in [0.1, 0.15) is 12.6 Å². The zero-order valence-electron chi connectivity index (χ0n) is 18.5. The van der Waals surface area contributed by atoms with Gasteiger partial charge in [-0.1, -0.05) is 55.5 Å². The first-order valence-corrected chi connectivity index (χ1v) is 12.1. The monoisotopic (exact) mass is 445 g/mol. The number of carbonyl (C=O) groups excluding carboxylic acids is 2. The summed E-state index contributed by atoms with van der Waals surface area (Å²) in [6.07, 6.45) is 1.85. The highest BCUT2D eigenvalue weighted by Crippen LogP contribution is 2.22. The van der Waals surface area contributed by atoms with Gasteiger partial charge in [0.25, 0.3) is 0 Å². The molecule has 0 saturated carbocycles. The summed E-state index contributed by atoms with van der Waals surface area (Å²) in [5, 5.41) is 2.81. The van der Waals surface area contributed by atoms with Gasteiger partial charge >= 0.3 is 0 Å². The number of benzene rings is 2. The fourth-order valence-corrected chi connectivity index (χ4v) is 4.10. The van der Waals surface area contributed by atoms with Crippen LogP contribution < -0.4 is 9.62 Å². The van der Waals surface area contributed by atoms with Crippen molar-refractivity contribution in [2.75, 3.05) is 23.7 Å². The molecule has 1 atom stereocenters. The van der Waals surface area contributed by atoms with E-state index in [1.807, 2.05) is 43.3 Å². The molecule has 7 nitrogen and oxygen atoms in total. The van der Waals surface area contributed by atoms with Gasteiger partial charge in [-0.05, 0) is 37.5 Å². The van der Waals surface area contributed by atoms with Gasteiger partial charge in [0, 0.05) is 13.1 Å². The topological polar surface area (TPSA) is 86.8 Å². The zero-order chi connectivity index (χ0) is 23.0. The standard InChI is InChI=1S/C23H31N3O4S/c1-5-15-24-23(28)19(3)25(16-20-12-7-6-8-13-20)22(27)17-26(31(4,29)30)21-14-10-9-11-18(21)2/h6-14,19H,5,15-17H2,1-4H3,(H,24,28)/t19-/m0/s1. The third-order valence-electron chi connectivity index (χ3n) is 4.98. The molecule has 0 bridgehead atoms. The maximum atomic E-state index is 13.3. The number of para-hydroxylation sites is 1. The van der Waals surface area contributed by atoms with Gasteiger partial charge in [-0.3, -0.25) is 13.9 Å². The first kappa shape index (κ1) is 24.4. The number of hydrogen-bond donors (Lipinski definition) is 1. The molecule has 0 fully saturated rings. The molecule has 0 heterocycles. The van der Waals surface area contributed by atoms with Gasteiger partial charge in [-0.25, -0.2) is 8.42 Å². The highest BCUT2D eigenvalue weighted by atomic mass is 32.2. The number of aryl methyl sites for hydroxylation is 1. The van der Waals surface area contributed by atoms with Crippen LogP contribution in [0, 0.1) is 6.92 Å². The second-order valence-corrected chi connectivity index (χ2v) is 9.44. The molecule has 0 aliphatic rings. The van der Waals surface area contributed by atoms with E-state index in [0.717, 1.165) is 28.1 Å². The Hall–Kier alpha value is -2.87. The fraction of sp³-hybridized carbons (Fsp3) is 0.391. The van der Waals surface area contributed by atoms with Crippen LogP contribution in [0.4, 0.5) is 5.69 Å². The van der Waals surface area contributed by atoms with Crippen LogP contribution in [0.15, 0.2) is 54.6 Å². The van der Waals surface area contributed by atoms with E-state index in [2.05, 4.69) is 5.32 Å². The summed E-state index contributed by atoms with van der Waals surface area (Å²) in [5.41, 5.74) is 2.04. The Balaban J connectivity index is 2.35. The number of hydrogen-bond acceptors (Lipinski definition) is 4. The lowest BCUT2D eigenvalue weighted by Crippen LogP contribution is -2.51. The minimum Gasteiger partial charge on any atom is -0.354 e. The molecule has 2 rings (SSSR count). The van der Waals surface area contributed by atoms with Crippen LogP contribution >= 0.6 is 0 Å². The molecule has 2 amide bonds. The van der Waals surface area contributed by atoms with Crippen LogP contribution in [0.5, 0.6) is 0 Å². The number of anilines is 1. The van der Waals surface area contributed by atoms with Crippen LogP contribution in [0.25, 0.3) is 0 Å². The Morgan fingerprint density at radius 3 is 2.23 bits per heavy atom. The van der Waals surface area contributed by atoms with E-state index in [4.69, 9.17) is 0 Å². The van der Waals surface area contributed by atoms with Crippen molar-refractivity contribution < 1.29 is 18.0 Å². The summed E-state index contributed by atoms with van der Waals surface area (Å²) in [5.74, 6) is -0.718. The molecule has 0 aliphatic carbocycles. The van der Waals surface area contributed by atoms with Gasteiger partial charge in [0.2, 0.25) is 21.8 Å². The van der Waals surface area contributed by atoms with Crippen molar-refractivity contribution in [3.05, 3.63) is 65.7 Å². The Labute approximate surface area is 185 Å². The van der Waals surface area contributed by atoms with Crippen LogP contribution in [0.1, 0.15) is 31.4 Å². The molecule has 0 radical (unpaired) electrons. The molecule has 168 valence electrons. The predicted molar refractivity (Wildman–Crippen MR) is 123 cm³/mol. The van der Waals surface area contributed by atoms with Crippen molar-refractivity contribution in [1.29, 1.82) is 0 Å². The highest BCUT2D eigenvalue weighted by molar-refractivity contribution is 7.92. The highest BCUT2D eigenvalue weighted by Gasteiger charge is 2.30. The molecule has 8 heteroatoms. The first-order valence-electron chi connectivity index (χ1n) is 10.3. The summed E-state index contributed by atoms with van der Waals surface area (Å²) in [6, 6.07) is 15.6. The van der Waals surface area contributed by atoms with E-state index in [1.165, 1.54) is 4.90 Å². The largest absolute Gasteiger partial charge is 0.354 e.